The first-order valence-electron chi connectivity index (χ1n) is 11.4. The Morgan fingerprint density at radius 2 is 1.50 bits per heavy atom. The van der Waals surface area contributed by atoms with Crippen LogP contribution in [0.15, 0.2) is 53.0 Å². The van der Waals surface area contributed by atoms with E-state index in [1.807, 2.05) is 32.9 Å². The summed E-state index contributed by atoms with van der Waals surface area (Å²) in [5.74, 6) is -2.08. The molecule has 0 aliphatic heterocycles. The number of halogens is 1. The summed E-state index contributed by atoms with van der Waals surface area (Å²) < 4.78 is 6.61. The van der Waals surface area contributed by atoms with E-state index in [1.54, 1.807) is 0 Å². The number of carboxylic acids is 1. The van der Waals surface area contributed by atoms with Crippen LogP contribution < -0.4 is 0 Å². The summed E-state index contributed by atoms with van der Waals surface area (Å²) in [5.41, 5.74) is 2.79. The summed E-state index contributed by atoms with van der Waals surface area (Å²) in [7, 11) is 0. The van der Waals surface area contributed by atoms with Gasteiger partial charge in [-0.05, 0) is 75.3 Å². The van der Waals surface area contributed by atoms with Crippen molar-refractivity contribution in [3.63, 3.8) is 0 Å². The maximum absolute atomic E-state index is 12.7. The molecule has 0 unspecified atom stereocenters. The Morgan fingerprint density at radius 3 is 2.00 bits per heavy atom. The molecule has 4 nitrogen and oxygen atoms in total. The second-order valence-corrected chi connectivity index (χ2v) is 10.3. The topological polar surface area (TPSA) is 63.6 Å². The third kappa shape index (κ3) is 8.78. The van der Waals surface area contributed by atoms with Crippen molar-refractivity contribution in [2.45, 2.75) is 71.8 Å². The zero-order valence-corrected chi connectivity index (χ0v) is 21.2. The average Bonchev–Trinajstić information content (AvgIpc) is 2.72. The fraction of sp³-hybridized carbons (Fsp3) is 0.481. The molecule has 0 saturated heterocycles. The van der Waals surface area contributed by atoms with Crippen molar-refractivity contribution < 1.29 is 19.4 Å². The van der Waals surface area contributed by atoms with E-state index < -0.39 is 17.5 Å². The molecule has 0 heterocycles. The van der Waals surface area contributed by atoms with Crippen molar-refractivity contribution in [2.24, 2.45) is 11.8 Å². The number of hydrogen-bond acceptors (Lipinski definition) is 3. The van der Waals surface area contributed by atoms with Crippen molar-refractivity contribution in [1.29, 1.82) is 0 Å². The molecule has 2 atom stereocenters. The highest BCUT2D eigenvalue weighted by atomic mass is 79.9. The Labute approximate surface area is 200 Å². The van der Waals surface area contributed by atoms with Crippen LogP contribution >= 0.6 is 15.9 Å². The summed E-state index contributed by atoms with van der Waals surface area (Å²) in [6.07, 6.45) is 3.98. The van der Waals surface area contributed by atoms with Gasteiger partial charge in [0, 0.05) is 4.47 Å². The Morgan fingerprint density at radius 1 is 0.938 bits per heavy atom. The molecule has 0 aliphatic carbocycles. The molecule has 174 valence electrons. The van der Waals surface area contributed by atoms with Gasteiger partial charge in [0.05, 0.1) is 11.8 Å². The minimum Gasteiger partial charge on any atom is -0.481 e. The lowest BCUT2D eigenvalue weighted by Crippen LogP contribution is -2.31. The summed E-state index contributed by atoms with van der Waals surface area (Å²) in [6, 6.07) is 16.4. The maximum Gasteiger partial charge on any atom is 0.309 e. The van der Waals surface area contributed by atoms with Crippen LogP contribution in [0.2, 0.25) is 0 Å². The Balaban J connectivity index is 2.02. The number of aryl methyl sites for hydroxylation is 1. The van der Waals surface area contributed by atoms with Gasteiger partial charge in [-0.15, -0.1) is 0 Å². The van der Waals surface area contributed by atoms with Crippen molar-refractivity contribution in [2.75, 3.05) is 0 Å². The van der Waals surface area contributed by atoms with Gasteiger partial charge >= 0.3 is 11.9 Å². The molecule has 1 N–H and O–H groups in total. The molecule has 5 heteroatoms. The van der Waals surface area contributed by atoms with Crippen LogP contribution in [0, 0.1) is 11.8 Å². The normalized spacial score (nSPS) is 13.4. The van der Waals surface area contributed by atoms with Gasteiger partial charge in [0.1, 0.15) is 5.60 Å². The zero-order chi connectivity index (χ0) is 23.7. The number of aliphatic carboxylic acids is 1. The monoisotopic (exact) mass is 502 g/mol. The first-order valence-corrected chi connectivity index (χ1v) is 12.2. The number of rotatable bonds is 11. The van der Waals surface area contributed by atoms with E-state index in [2.05, 4.69) is 59.3 Å². The number of benzene rings is 2. The van der Waals surface area contributed by atoms with E-state index in [0.29, 0.717) is 25.7 Å². The summed E-state index contributed by atoms with van der Waals surface area (Å²) >= 11 is 3.45. The van der Waals surface area contributed by atoms with Gasteiger partial charge in [0.15, 0.2) is 0 Å². The molecule has 2 aromatic rings. The third-order valence-corrected chi connectivity index (χ3v) is 6.01. The SMILES string of the molecule is CCCC[C@@H](C[C@H](CCc1ccc(-c2ccc(Br)cc2)cc1)C(=O)O)C(=O)OC(C)(C)C. The van der Waals surface area contributed by atoms with Gasteiger partial charge in [-0.1, -0.05) is 72.1 Å². The second kappa shape index (κ2) is 12.2. The van der Waals surface area contributed by atoms with Crippen molar-refractivity contribution in [3.05, 3.63) is 58.6 Å². The molecule has 2 aromatic carbocycles. The van der Waals surface area contributed by atoms with Crippen LogP contribution in [0.4, 0.5) is 0 Å². The molecule has 2 rings (SSSR count). The van der Waals surface area contributed by atoms with Gasteiger partial charge in [0.25, 0.3) is 0 Å². The highest BCUT2D eigenvalue weighted by molar-refractivity contribution is 9.10. The average molecular weight is 503 g/mol. The Kier molecular flexibility index (Phi) is 9.95. The van der Waals surface area contributed by atoms with Gasteiger partial charge in [-0.25, -0.2) is 0 Å². The van der Waals surface area contributed by atoms with Crippen LogP contribution in [-0.2, 0) is 20.7 Å². The van der Waals surface area contributed by atoms with E-state index in [-0.39, 0.29) is 11.9 Å². The van der Waals surface area contributed by atoms with E-state index in [4.69, 9.17) is 4.74 Å². The second-order valence-electron chi connectivity index (χ2n) is 9.39. The highest BCUT2D eigenvalue weighted by Gasteiger charge is 2.30. The third-order valence-electron chi connectivity index (χ3n) is 5.48. The number of hydrogen-bond donors (Lipinski definition) is 1. The van der Waals surface area contributed by atoms with Gasteiger partial charge in [-0.2, -0.15) is 0 Å². The summed E-state index contributed by atoms with van der Waals surface area (Å²) in [4.78, 5) is 24.6. The van der Waals surface area contributed by atoms with Crippen molar-refractivity contribution in [3.8, 4) is 11.1 Å². The summed E-state index contributed by atoms with van der Waals surface area (Å²) in [6.45, 7) is 7.59. The standard InChI is InChI=1S/C27H35BrO4/c1-5-6-7-23(26(31)32-27(2,3)4)18-22(25(29)30)13-10-19-8-11-20(12-9-19)21-14-16-24(28)17-15-21/h8-9,11-12,14-17,22-23H,5-7,10,13,18H2,1-4H3,(H,29,30)/t22-,23-/m0/s1. The molecule has 0 fully saturated rings. The smallest absolute Gasteiger partial charge is 0.309 e. The predicted molar refractivity (Wildman–Crippen MR) is 133 cm³/mol. The van der Waals surface area contributed by atoms with Crippen LogP contribution in [0.25, 0.3) is 11.1 Å². The molecule has 0 radical (unpaired) electrons. The van der Waals surface area contributed by atoms with Crippen molar-refractivity contribution >= 4 is 27.9 Å². The van der Waals surface area contributed by atoms with Gasteiger partial charge < -0.3 is 9.84 Å². The molecule has 0 amide bonds. The Hall–Kier alpha value is -2.14. The molecule has 32 heavy (non-hydrogen) atoms. The molecule has 0 spiro atoms. The predicted octanol–water partition coefficient (Wildman–Crippen LogP) is 7.29. The quantitative estimate of drug-likeness (QED) is 0.327. The molecule has 0 aromatic heterocycles. The van der Waals surface area contributed by atoms with Gasteiger partial charge in [0.2, 0.25) is 0 Å². The number of esters is 1. The lowest BCUT2D eigenvalue weighted by molar-refractivity contribution is -0.161. The minimum absolute atomic E-state index is 0.281. The van der Waals surface area contributed by atoms with E-state index in [1.165, 1.54) is 0 Å². The maximum atomic E-state index is 12.7. The van der Waals surface area contributed by atoms with E-state index in [9.17, 15) is 14.7 Å². The van der Waals surface area contributed by atoms with Crippen LogP contribution in [0.1, 0.15) is 65.4 Å². The van der Waals surface area contributed by atoms with Gasteiger partial charge in [-0.3, -0.25) is 9.59 Å². The Bertz CT molecular complexity index is 866. The number of unbranched alkanes of at least 4 members (excludes halogenated alkanes) is 1. The fourth-order valence-corrected chi connectivity index (χ4v) is 3.96. The van der Waals surface area contributed by atoms with E-state index in [0.717, 1.165) is 34.0 Å². The zero-order valence-electron chi connectivity index (χ0n) is 19.6. The lowest BCUT2D eigenvalue weighted by Gasteiger charge is -2.25. The molecule has 0 saturated carbocycles. The number of carbonyl (C=O) groups excluding carboxylic acids is 1. The van der Waals surface area contributed by atoms with Crippen LogP contribution in [0.3, 0.4) is 0 Å². The van der Waals surface area contributed by atoms with Crippen molar-refractivity contribution in [1.82, 2.24) is 0 Å². The summed E-state index contributed by atoms with van der Waals surface area (Å²) in [5, 5.41) is 9.80. The minimum atomic E-state index is -0.846. The number of ether oxygens (including phenoxy) is 1. The molecular weight excluding hydrogens is 468 g/mol. The number of carbonyl (C=O) groups is 2. The van der Waals surface area contributed by atoms with Crippen LogP contribution in [0.5, 0.6) is 0 Å². The van der Waals surface area contributed by atoms with Crippen LogP contribution in [-0.4, -0.2) is 22.6 Å². The first-order chi connectivity index (χ1) is 15.1. The number of carboxylic acid groups (broad SMARTS) is 1. The highest BCUT2D eigenvalue weighted by Crippen LogP contribution is 2.27. The lowest BCUT2D eigenvalue weighted by atomic mass is 9.87. The molecule has 0 bridgehead atoms. The first kappa shape index (κ1) is 26.1. The molecule has 0 aliphatic rings. The van der Waals surface area contributed by atoms with E-state index >= 15 is 0 Å². The molecular formula is C27H35BrO4. The fourth-order valence-electron chi connectivity index (χ4n) is 3.70. The largest absolute Gasteiger partial charge is 0.481 e.